The first kappa shape index (κ1) is 24.7. The third-order valence-electron chi connectivity index (χ3n) is 5.48. The van der Waals surface area contributed by atoms with Crippen LogP contribution in [0.2, 0.25) is 0 Å². The Bertz CT molecular complexity index is 1110. The minimum absolute atomic E-state index is 0.0903. The molecule has 0 aliphatic heterocycles. The smallest absolute Gasteiger partial charge is 0.255 e. The van der Waals surface area contributed by atoms with Crippen LogP contribution in [0.25, 0.3) is 0 Å². The number of hydrogen-bond donors (Lipinski definition) is 3. The van der Waals surface area contributed by atoms with Crippen molar-refractivity contribution in [1.29, 1.82) is 0 Å². The quantitative estimate of drug-likeness (QED) is 0.515. The Morgan fingerprint density at radius 2 is 1.76 bits per heavy atom. The average molecular weight is 474 g/mol. The van der Waals surface area contributed by atoms with Crippen molar-refractivity contribution in [3.05, 3.63) is 53.6 Å². The van der Waals surface area contributed by atoms with E-state index in [2.05, 4.69) is 15.4 Å². The Morgan fingerprint density at radius 1 is 1.06 bits per heavy atom. The number of nitrogens with one attached hydrogen (secondary N) is 3. The Labute approximate surface area is 195 Å². The Hall–Kier alpha value is -2.91. The molecule has 1 fully saturated rings. The lowest BCUT2D eigenvalue weighted by atomic mass is 10.1. The van der Waals surface area contributed by atoms with Gasteiger partial charge in [0.1, 0.15) is 10.6 Å². The molecule has 33 heavy (non-hydrogen) atoms. The van der Waals surface area contributed by atoms with Gasteiger partial charge < -0.3 is 15.4 Å². The van der Waals surface area contributed by atoms with Gasteiger partial charge in [-0.05, 0) is 49.1 Å². The average Bonchev–Trinajstić information content (AvgIpc) is 3.29. The second-order valence-corrected chi connectivity index (χ2v) is 10.3. The number of methoxy groups -OCH3 is 1. The maximum Gasteiger partial charge on any atom is 0.255 e. The van der Waals surface area contributed by atoms with Crippen LogP contribution >= 0.6 is 0 Å². The van der Waals surface area contributed by atoms with Crippen molar-refractivity contribution in [2.75, 3.05) is 19.0 Å². The van der Waals surface area contributed by atoms with Crippen LogP contribution in [0.4, 0.5) is 5.69 Å². The predicted octanol–water partition coefficient (Wildman–Crippen LogP) is 3.55. The Balaban J connectivity index is 1.84. The number of rotatable bonds is 9. The van der Waals surface area contributed by atoms with Gasteiger partial charge in [0.25, 0.3) is 11.8 Å². The molecule has 178 valence electrons. The molecule has 3 N–H and O–H groups in total. The summed E-state index contributed by atoms with van der Waals surface area (Å²) in [4.78, 5) is 25.4. The monoisotopic (exact) mass is 473 g/mol. The molecule has 8 nitrogen and oxygen atoms in total. The summed E-state index contributed by atoms with van der Waals surface area (Å²) >= 11 is 0. The number of amides is 2. The molecule has 0 saturated heterocycles. The fraction of sp³-hybridized carbons (Fsp3) is 0.417. The van der Waals surface area contributed by atoms with Gasteiger partial charge in [-0.25, -0.2) is 13.1 Å². The van der Waals surface area contributed by atoms with E-state index in [0.717, 1.165) is 25.7 Å². The molecule has 1 aliphatic rings. The topological polar surface area (TPSA) is 114 Å². The van der Waals surface area contributed by atoms with Gasteiger partial charge in [-0.3, -0.25) is 9.59 Å². The van der Waals surface area contributed by atoms with E-state index >= 15 is 0 Å². The van der Waals surface area contributed by atoms with E-state index in [0.29, 0.717) is 17.8 Å². The van der Waals surface area contributed by atoms with E-state index in [9.17, 15) is 18.0 Å². The van der Waals surface area contributed by atoms with Crippen molar-refractivity contribution in [1.82, 2.24) is 10.0 Å². The van der Waals surface area contributed by atoms with Crippen LogP contribution in [0.5, 0.6) is 5.75 Å². The van der Waals surface area contributed by atoms with Crippen molar-refractivity contribution in [3.63, 3.8) is 0 Å². The molecule has 0 unspecified atom stereocenters. The summed E-state index contributed by atoms with van der Waals surface area (Å²) in [5, 5.41) is 5.56. The summed E-state index contributed by atoms with van der Waals surface area (Å²) < 4.78 is 34.0. The van der Waals surface area contributed by atoms with E-state index in [1.54, 1.807) is 24.3 Å². The first-order chi connectivity index (χ1) is 15.7. The molecule has 9 heteroatoms. The number of anilines is 1. The summed E-state index contributed by atoms with van der Waals surface area (Å²) in [6.45, 7) is 4.49. The van der Waals surface area contributed by atoms with Gasteiger partial charge in [-0.15, -0.1) is 0 Å². The zero-order valence-electron chi connectivity index (χ0n) is 19.2. The highest BCUT2D eigenvalue weighted by Crippen LogP contribution is 2.28. The van der Waals surface area contributed by atoms with Crippen molar-refractivity contribution in [2.24, 2.45) is 5.92 Å². The van der Waals surface area contributed by atoms with E-state index in [1.807, 2.05) is 13.8 Å². The second kappa shape index (κ2) is 10.8. The highest BCUT2D eigenvalue weighted by Gasteiger charge is 2.27. The molecule has 1 saturated carbocycles. The number of para-hydroxylation sites is 1. The number of sulfonamides is 1. The fourth-order valence-electron chi connectivity index (χ4n) is 3.73. The lowest BCUT2D eigenvalue weighted by Crippen LogP contribution is -2.33. The predicted molar refractivity (Wildman–Crippen MR) is 127 cm³/mol. The van der Waals surface area contributed by atoms with Gasteiger partial charge in [0.15, 0.2) is 0 Å². The SMILES string of the molecule is COc1ccc(C(=O)Nc2ccccc2C(=O)NCC(C)C)cc1S(=O)(=O)NC1CCCC1. The number of ether oxygens (including phenoxy) is 1. The molecule has 0 radical (unpaired) electrons. The summed E-state index contributed by atoms with van der Waals surface area (Å²) in [5.74, 6) is -0.379. The zero-order chi connectivity index (χ0) is 24.0. The standard InChI is InChI=1S/C24H31N3O5S/c1-16(2)15-25-24(29)19-10-6-7-11-20(19)26-23(28)17-12-13-21(32-3)22(14-17)33(30,31)27-18-8-4-5-9-18/h6-7,10-14,16,18,27H,4-5,8-9,15H2,1-3H3,(H,25,29)(H,26,28). The minimum atomic E-state index is -3.87. The molecule has 2 amide bonds. The summed E-state index contributed by atoms with van der Waals surface area (Å²) in [6, 6.07) is 10.8. The molecule has 2 aromatic rings. The number of carbonyl (C=O) groups is 2. The number of hydrogen-bond acceptors (Lipinski definition) is 5. The third-order valence-corrected chi connectivity index (χ3v) is 7.02. The zero-order valence-corrected chi connectivity index (χ0v) is 20.0. The number of carbonyl (C=O) groups excluding carboxylic acids is 2. The summed E-state index contributed by atoms with van der Waals surface area (Å²) in [6.07, 6.45) is 3.54. The van der Waals surface area contributed by atoms with Crippen molar-refractivity contribution in [3.8, 4) is 5.75 Å². The molecule has 0 bridgehead atoms. The van der Waals surface area contributed by atoms with Crippen molar-refractivity contribution in [2.45, 2.75) is 50.5 Å². The molecule has 0 spiro atoms. The van der Waals surface area contributed by atoms with E-state index in [-0.39, 0.29) is 34.1 Å². The maximum absolute atomic E-state index is 13.0. The van der Waals surface area contributed by atoms with Crippen LogP contribution < -0.4 is 20.1 Å². The lowest BCUT2D eigenvalue weighted by molar-refractivity contribution is 0.0950. The van der Waals surface area contributed by atoms with Crippen LogP contribution in [-0.2, 0) is 10.0 Å². The van der Waals surface area contributed by atoms with Crippen LogP contribution in [-0.4, -0.2) is 39.9 Å². The Kier molecular flexibility index (Phi) is 8.10. The molecule has 1 aliphatic carbocycles. The van der Waals surface area contributed by atoms with E-state index in [1.165, 1.54) is 25.3 Å². The van der Waals surface area contributed by atoms with Crippen molar-refractivity contribution < 1.29 is 22.7 Å². The third kappa shape index (κ3) is 6.33. The van der Waals surface area contributed by atoms with Crippen LogP contribution in [0.15, 0.2) is 47.4 Å². The first-order valence-corrected chi connectivity index (χ1v) is 12.6. The fourth-order valence-corrected chi connectivity index (χ4v) is 5.23. The summed E-state index contributed by atoms with van der Waals surface area (Å²) in [5.41, 5.74) is 0.809. The normalized spacial score (nSPS) is 14.3. The van der Waals surface area contributed by atoms with Gasteiger partial charge >= 0.3 is 0 Å². The molecular formula is C24H31N3O5S. The second-order valence-electron chi connectivity index (χ2n) is 8.57. The summed E-state index contributed by atoms with van der Waals surface area (Å²) in [7, 11) is -2.49. The van der Waals surface area contributed by atoms with Gasteiger partial charge in [0.05, 0.1) is 18.4 Å². The molecular weight excluding hydrogens is 442 g/mol. The van der Waals surface area contributed by atoms with Crippen molar-refractivity contribution >= 4 is 27.5 Å². The molecule has 3 rings (SSSR count). The van der Waals surface area contributed by atoms with Gasteiger partial charge in [-0.2, -0.15) is 0 Å². The highest BCUT2D eigenvalue weighted by atomic mass is 32.2. The highest BCUT2D eigenvalue weighted by molar-refractivity contribution is 7.89. The first-order valence-electron chi connectivity index (χ1n) is 11.1. The molecule has 0 heterocycles. The maximum atomic E-state index is 13.0. The van der Waals surface area contributed by atoms with E-state index < -0.39 is 15.9 Å². The molecule has 0 aromatic heterocycles. The molecule has 0 atom stereocenters. The number of benzene rings is 2. The van der Waals surface area contributed by atoms with Crippen LogP contribution in [0, 0.1) is 5.92 Å². The van der Waals surface area contributed by atoms with E-state index in [4.69, 9.17) is 4.74 Å². The molecule has 2 aromatic carbocycles. The van der Waals surface area contributed by atoms with Gasteiger partial charge in [0, 0.05) is 18.2 Å². The van der Waals surface area contributed by atoms with Gasteiger partial charge in [0.2, 0.25) is 10.0 Å². The largest absolute Gasteiger partial charge is 0.495 e. The Morgan fingerprint density at radius 3 is 2.42 bits per heavy atom. The lowest BCUT2D eigenvalue weighted by Gasteiger charge is -2.16. The minimum Gasteiger partial charge on any atom is -0.495 e. The van der Waals surface area contributed by atoms with Crippen LogP contribution in [0.3, 0.4) is 0 Å². The van der Waals surface area contributed by atoms with Crippen LogP contribution in [0.1, 0.15) is 60.2 Å². The van der Waals surface area contributed by atoms with Gasteiger partial charge in [-0.1, -0.05) is 38.8 Å².